The van der Waals surface area contributed by atoms with Gasteiger partial charge in [-0.1, -0.05) is 53.9 Å². The van der Waals surface area contributed by atoms with Crippen LogP contribution in [0.4, 0.5) is 0 Å². The Bertz CT molecular complexity index is 1180. The molecule has 2 aromatic carbocycles. The predicted molar refractivity (Wildman–Crippen MR) is 125 cm³/mol. The number of allylic oxidation sites excluding steroid dienone is 2. The topological polar surface area (TPSA) is 74.8 Å². The van der Waals surface area contributed by atoms with Crippen molar-refractivity contribution >= 4 is 58.3 Å². The minimum absolute atomic E-state index is 0.108. The van der Waals surface area contributed by atoms with Gasteiger partial charge in [0.2, 0.25) is 0 Å². The lowest BCUT2D eigenvalue weighted by atomic mass is 9.78. The van der Waals surface area contributed by atoms with Crippen LogP contribution in [0.15, 0.2) is 54.6 Å². The van der Waals surface area contributed by atoms with Crippen LogP contribution in [-0.2, 0) is 9.59 Å². The fraction of sp³-hybridized carbons (Fsp3) is 0.250. The van der Waals surface area contributed by atoms with Crippen LogP contribution in [0.1, 0.15) is 34.1 Å². The first-order valence-electron chi connectivity index (χ1n) is 10.3. The number of carbonyl (C=O) groups excluding carboxylic acids is 4. The third kappa shape index (κ3) is 4.43. The van der Waals surface area contributed by atoms with Gasteiger partial charge in [-0.2, -0.15) is 5.01 Å². The first kappa shape index (κ1) is 23.5. The summed E-state index contributed by atoms with van der Waals surface area (Å²) in [6.45, 7) is 1.30. The number of amides is 3. The van der Waals surface area contributed by atoms with Crippen LogP contribution in [-0.4, -0.2) is 40.1 Å². The quantitative estimate of drug-likeness (QED) is 0.322. The van der Waals surface area contributed by atoms with Crippen molar-refractivity contribution in [2.75, 3.05) is 6.54 Å². The first-order valence-corrected chi connectivity index (χ1v) is 11.4. The van der Waals surface area contributed by atoms with Crippen LogP contribution in [0.5, 0.6) is 0 Å². The van der Waals surface area contributed by atoms with E-state index in [1.54, 1.807) is 0 Å². The van der Waals surface area contributed by atoms with Crippen molar-refractivity contribution in [2.45, 2.75) is 13.3 Å². The minimum Gasteiger partial charge on any atom is -0.292 e. The summed E-state index contributed by atoms with van der Waals surface area (Å²) in [6, 6.07) is 10.3. The maximum atomic E-state index is 13.4. The zero-order valence-electron chi connectivity index (χ0n) is 17.5. The maximum absolute atomic E-state index is 13.4. The highest BCUT2D eigenvalue weighted by Gasteiger charge is 2.53. The van der Waals surface area contributed by atoms with Gasteiger partial charge in [0.1, 0.15) is 6.54 Å². The molecular formula is C24H19Cl3N2O4. The van der Waals surface area contributed by atoms with E-state index in [0.717, 1.165) is 10.0 Å². The molecular weight excluding hydrogens is 487 g/mol. The molecule has 0 saturated carbocycles. The smallest absolute Gasteiger partial charge is 0.273 e. The lowest BCUT2D eigenvalue weighted by Gasteiger charge is -2.30. The third-order valence-corrected chi connectivity index (χ3v) is 6.74. The van der Waals surface area contributed by atoms with Crippen LogP contribution >= 0.6 is 34.8 Å². The summed E-state index contributed by atoms with van der Waals surface area (Å²) in [6.07, 6.45) is 4.15. The van der Waals surface area contributed by atoms with Crippen molar-refractivity contribution < 1.29 is 19.2 Å². The zero-order valence-corrected chi connectivity index (χ0v) is 19.8. The Morgan fingerprint density at radius 1 is 1.00 bits per heavy atom. The summed E-state index contributed by atoms with van der Waals surface area (Å²) in [4.78, 5) is 53.1. The summed E-state index contributed by atoms with van der Waals surface area (Å²) < 4.78 is 0. The Hall–Kier alpha value is -2.67. The lowest BCUT2D eigenvalue weighted by Crippen LogP contribution is -2.52. The van der Waals surface area contributed by atoms with E-state index in [4.69, 9.17) is 34.8 Å². The number of rotatable bonds is 5. The summed E-state index contributed by atoms with van der Waals surface area (Å²) in [5.74, 6) is -3.55. The highest BCUT2D eigenvalue weighted by Crippen LogP contribution is 2.39. The molecule has 3 atom stereocenters. The van der Waals surface area contributed by atoms with E-state index < -0.39 is 41.9 Å². The van der Waals surface area contributed by atoms with Crippen molar-refractivity contribution in [3.8, 4) is 0 Å². The Kier molecular flexibility index (Phi) is 6.61. The number of carbonyl (C=O) groups is 4. The number of Topliss-reactive ketones (excluding diaryl/α,β-unsaturated/α-hetero) is 1. The molecule has 0 unspecified atom stereocenters. The normalized spacial score (nSPS) is 21.8. The summed E-state index contributed by atoms with van der Waals surface area (Å²) in [5, 5.41) is 2.61. The average molecular weight is 506 g/mol. The SMILES string of the molecule is C[C@@H]1C=CC[C@@H]2C(=O)N(N(CC(=O)c3ccc(Cl)cc3Cl)C(=O)c3ccc(Cl)cc3)C(=O)[C@@H]12. The van der Waals surface area contributed by atoms with E-state index >= 15 is 0 Å². The molecule has 6 nitrogen and oxygen atoms in total. The van der Waals surface area contributed by atoms with Crippen LogP contribution < -0.4 is 0 Å². The zero-order chi connectivity index (χ0) is 23.9. The lowest BCUT2D eigenvalue weighted by molar-refractivity contribution is -0.154. The summed E-state index contributed by atoms with van der Waals surface area (Å²) in [5.41, 5.74) is 0.303. The fourth-order valence-corrected chi connectivity index (χ4v) is 4.92. The van der Waals surface area contributed by atoms with Crippen molar-refractivity contribution in [2.24, 2.45) is 17.8 Å². The number of hydrogen-bond acceptors (Lipinski definition) is 4. The summed E-state index contributed by atoms with van der Waals surface area (Å²) >= 11 is 18.0. The first-order chi connectivity index (χ1) is 15.7. The Labute approximate surface area is 205 Å². The van der Waals surface area contributed by atoms with E-state index in [2.05, 4.69) is 0 Å². The largest absolute Gasteiger partial charge is 0.292 e. The van der Waals surface area contributed by atoms with Gasteiger partial charge in [0.05, 0.1) is 16.9 Å². The molecule has 33 heavy (non-hydrogen) atoms. The van der Waals surface area contributed by atoms with Gasteiger partial charge in [0.15, 0.2) is 5.78 Å². The highest BCUT2D eigenvalue weighted by atomic mass is 35.5. The molecule has 0 N–H and O–H groups in total. The molecule has 1 saturated heterocycles. The third-order valence-electron chi connectivity index (χ3n) is 5.94. The van der Waals surface area contributed by atoms with Gasteiger partial charge >= 0.3 is 0 Å². The second-order valence-corrected chi connectivity index (χ2v) is 9.34. The molecule has 0 spiro atoms. The fourth-order valence-electron chi connectivity index (χ4n) is 4.28. The van der Waals surface area contributed by atoms with E-state index in [1.807, 2.05) is 19.1 Å². The van der Waals surface area contributed by atoms with E-state index in [0.29, 0.717) is 16.5 Å². The number of hydrogen-bond donors (Lipinski definition) is 0. The van der Waals surface area contributed by atoms with Crippen LogP contribution in [0.2, 0.25) is 15.1 Å². The molecule has 170 valence electrons. The Balaban J connectivity index is 1.72. The number of imide groups is 1. The van der Waals surface area contributed by atoms with Gasteiger partial charge in [-0.3, -0.25) is 19.2 Å². The highest BCUT2D eigenvalue weighted by molar-refractivity contribution is 6.37. The molecule has 2 aliphatic rings. The molecule has 1 aliphatic heterocycles. The van der Waals surface area contributed by atoms with Crippen molar-refractivity contribution in [1.82, 2.24) is 10.0 Å². The molecule has 3 amide bonds. The van der Waals surface area contributed by atoms with E-state index in [1.165, 1.54) is 42.5 Å². The molecule has 1 fully saturated rings. The molecule has 9 heteroatoms. The van der Waals surface area contributed by atoms with Crippen LogP contribution in [0.25, 0.3) is 0 Å². The van der Waals surface area contributed by atoms with Gasteiger partial charge in [-0.05, 0) is 54.8 Å². The van der Waals surface area contributed by atoms with Crippen molar-refractivity contribution in [1.29, 1.82) is 0 Å². The van der Waals surface area contributed by atoms with Gasteiger partial charge < -0.3 is 0 Å². The Morgan fingerprint density at radius 3 is 2.30 bits per heavy atom. The molecule has 0 bridgehead atoms. The molecule has 0 radical (unpaired) electrons. The molecule has 2 aromatic rings. The van der Waals surface area contributed by atoms with E-state index in [-0.39, 0.29) is 22.1 Å². The number of hydrazine groups is 1. The molecule has 0 aromatic heterocycles. The van der Waals surface area contributed by atoms with Gasteiger partial charge in [-0.25, -0.2) is 5.01 Å². The summed E-state index contributed by atoms with van der Waals surface area (Å²) in [7, 11) is 0. The molecule has 1 heterocycles. The second-order valence-electron chi connectivity index (χ2n) is 8.06. The monoisotopic (exact) mass is 504 g/mol. The number of nitrogens with zero attached hydrogens (tertiary/aromatic N) is 2. The standard InChI is InChI=1S/C24H19Cl3N2O4/c1-13-3-2-4-18-21(13)24(33)29(23(18)32)28(22(31)14-5-7-15(25)8-6-14)12-20(30)17-10-9-16(26)11-19(17)27/h2-3,5-11,13,18,21H,4,12H2,1H3/t13-,18+,21+/m1/s1. The number of fused-ring (bicyclic) bond motifs is 1. The molecule has 4 rings (SSSR count). The predicted octanol–water partition coefficient (Wildman–Crippen LogP) is 5.08. The average Bonchev–Trinajstić information content (AvgIpc) is 3.03. The van der Waals surface area contributed by atoms with Crippen molar-refractivity contribution in [3.63, 3.8) is 0 Å². The van der Waals surface area contributed by atoms with Crippen molar-refractivity contribution in [3.05, 3.63) is 80.8 Å². The maximum Gasteiger partial charge on any atom is 0.273 e. The van der Waals surface area contributed by atoms with Gasteiger partial charge in [-0.15, -0.1) is 0 Å². The van der Waals surface area contributed by atoms with Gasteiger partial charge in [0, 0.05) is 21.2 Å². The number of benzene rings is 2. The van der Waals surface area contributed by atoms with Gasteiger partial charge in [0.25, 0.3) is 17.7 Å². The Morgan fingerprint density at radius 2 is 1.67 bits per heavy atom. The number of halogens is 3. The number of ketones is 1. The molecule has 1 aliphatic carbocycles. The van der Waals surface area contributed by atoms with Crippen LogP contribution in [0, 0.1) is 17.8 Å². The minimum atomic E-state index is -0.675. The van der Waals surface area contributed by atoms with Crippen LogP contribution in [0.3, 0.4) is 0 Å². The van der Waals surface area contributed by atoms with E-state index in [9.17, 15) is 19.2 Å². The second kappa shape index (κ2) is 9.29.